The van der Waals surface area contributed by atoms with Crippen LogP contribution in [-0.4, -0.2) is 19.5 Å². The summed E-state index contributed by atoms with van der Waals surface area (Å²) in [6.07, 6.45) is 0. The summed E-state index contributed by atoms with van der Waals surface area (Å²) in [5, 5.41) is 15.9. The molecule has 0 aliphatic heterocycles. The first-order valence-corrected chi connectivity index (χ1v) is 14.0. The van der Waals surface area contributed by atoms with Gasteiger partial charge in [-0.05, 0) is 42.0 Å². The molecule has 0 amide bonds. The number of nitro groups is 1. The third-order valence-electron chi connectivity index (χ3n) is 7.53. The van der Waals surface area contributed by atoms with E-state index in [1.165, 1.54) is 11.3 Å². The van der Waals surface area contributed by atoms with Crippen LogP contribution >= 0.6 is 11.3 Å². The van der Waals surface area contributed by atoms with Crippen LogP contribution in [0, 0.1) is 10.1 Å². The molecule has 0 saturated carbocycles. The Morgan fingerprint density at radius 2 is 1.32 bits per heavy atom. The van der Waals surface area contributed by atoms with Crippen LogP contribution in [0.2, 0.25) is 0 Å². The second-order valence-corrected chi connectivity index (χ2v) is 10.9. The lowest BCUT2D eigenvalue weighted by Gasteiger charge is -2.11. The van der Waals surface area contributed by atoms with Gasteiger partial charge < -0.3 is 0 Å². The van der Waals surface area contributed by atoms with E-state index in [-0.39, 0.29) is 10.6 Å². The number of hydrogen-bond donors (Lipinski definition) is 0. The molecule has 8 rings (SSSR count). The summed E-state index contributed by atoms with van der Waals surface area (Å²) in [4.78, 5) is 22.7. The van der Waals surface area contributed by atoms with Crippen molar-refractivity contribution in [2.45, 2.75) is 0 Å². The van der Waals surface area contributed by atoms with E-state index in [0.717, 1.165) is 54.2 Å². The van der Waals surface area contributed by atoms with Gasteiger partial charge in [-0.25, -0.2) is 9.97 Å². The number of hydrogen-bond acceptors (Lipinski definition) is 5. The Balaban J connectivity index is 1.41. The highest BCUT2D eigenvalue weighted by molar-refractivity contribution is 7.23. The number of benzene rings is 5. The molecule has 0 N–H and O–H groups in total. The van der Waals surface area contributed by atoms with Crippen LogP contribution in [0.25, 0.3) is 70.4 Å². The number of fused-ring (bicyclic) bond motifs is 5. The maximum absolute atomic E-state index is 12.2. The summed E-state index contributed by atoms with van der Waals surface area (Å²) < 4.78 is 2.99. The van der Waals surface area contributed by atoms with E-state index in [1.54, 1.807) is 0 Å². The molecule has 0 atom stereocenters. The van der Waals surface area contributed by atoms with E-state index < -0.39 is 0 Å². The van der Waals surface area contributed by atoms with E-state index in [9.17, 15) is 10.1 Å². The highest BCUT2D eigenvalue weighted by Gasteiger charge is 2.24. The summed E-state index contributed by atoms with van der Waals surface area (Å²) in [5.74, 6) is 0.578. The second-order valence-electron chi connectivity index (χ2n) is 9.87. The minimum Gasteiger partial charge on any atom is -0.278 e. The average Bonchev–Trinajstić information content (AvgIpc) is 3.57. The molecule has 7 heteroatoms. The van der Waals surface area contributed by atoms with Crippen molar-refractivity contribution in [3.8, 4) is 27.6 Å². The average molecular weight is 549 g/mol. The minimum absolute atomic E-state index is 0.152. The topological polar surface area (TPSA) is 73.8 Å². The molecule has 6 nitrogen and oxygen atoms in total. The zero-order valence-electron chi connectivity index (χ0n) is 21.6. The standard InChI is InChI=1S/C34H20N4O2S/c39-38(40)32-25-14-6-9-17-30(25)41-33(32)22-18-19-29-26(20-22)23-12-5-8-16-28(23)37(29)34-35-27-15-7-4-13-24(27)31(36-34)21-10-2-1-3-11-21/h1-20H. The summed E-state index contributed by atoms with van der Waals surface area (Å²) in [5.41, 5.74) is 5.63. The normalized spacial score (nSPS) is 11.6. The molecule has 0 bridgehead atoms. The number of nitrogens with zero attached hydrogens (tertiary/aromatic N) is 4. The van der Waals surface area contributed by atoms with Crippen LogP contribution in [0.5, 0.6) is 0 Å². The lowest BCUT2D eigenvalue weighted by atomic mass is 10.1. The number of thiophene rings is 1. The van der Waals surface area contributed by atoms with E-state index in [2.05, 4.69) is 41.0 Å². The lowest BCUT2D eigenvalue weighted by Crippen LogP contribution is -2.03. The second kappa shape index (κ2) is 9.08. The highest BCUT2D eigenvalue weighted by atomic mass is 32.1. The van der Waals surface area contributed by atoms with E-state index in [4.69, 9.17) is 9.97 Å². The number of para-hydroxylation sites is 2. The molecule has 41 heavy (non-hydrogen) atoms. The third kappa shape index (κ3) is 3.63. The van der Waals surface area contributed by atoms with Crippen molar-refractivity contribution in [3.05, 3.63) is 131 Å². The first-order chi connectivity index (χ1) is 20.2. The molecule has 0 fully saturated rings. The SMILES string of the molecule is O=[N+]([O-])c1c(-c2ccc3c(c2)c2ccccc2n3-c2nc(-c3ccccc3)c3ccccc3n2)sc2ccccc12. The molecule has 0 spiro atoms. The molecule has 3 aromatic heterocycles. The Hall–Kier alpha value is -5.40. The highest BCUT2D eigenvalue weighted by Crippen LogP contribution is 2.45. The van der Waals surface area contributed by atoms with Crippen LogP contribution < -0.4 is 0 Å². The predicted molar refractivity (Wildman–Crippen MR) is 167 cm³/mol. The van der Waals surface area contributed by atoms with Crippen LogP contribution in [0.15, 0.2) is 121 Å². The van der Waals surface area contributed by atoms with E-state index >= 15 is 0 Å². The van der Waals surface area contributed by atoms with Gasteiger partial charge in [-0.1, -0.05) is 84.9 Å². The third-order valence-corrected chi connectivity index (χ3v) is 8.73. The van der Waals surface area contributed by atoms with Crippen LogP contribution in [0.3, 0.4) is 0 Å². The van der Waals surface area contributed by atoms with Crippen molar-refractivity contribution in [2.75, 3.05) is 0 Å². The van der Waals surface area contributed by atoms with Crippen molar-refractivity contribution >= 4 is 59.8 Å². The molecule has 0 aliphatic carbocycles. The number of aromatic nitrogens is 3. The Labute approximate surface area is 237 Å². The van der Waals surface area contributed by atoms with Gasteiger partial charge in [0.15, 0.2) is 0 Å². The Kier molecular flexibility index (Phi) is 5.20. The van der Waals surface area contributed by atoms with Gasteiger partial charge in [-0.2, -0.15) is 0 Å². The molecule has 0 aliphatic rings. The summed E-state index contributed by atoms with van der Waals surface area (Å²) >= 11 is 1.45. The smallest absolute Gasteiger partial charge is 0.278 e. The molecular formula is C34H20N4O2S. The Morgan fingerprint density at radius 1 is 0.634 bits per heavy atom. The Morgan fingerprint density at radius 3 is 2.15 bits per heavy atom. The maximum atomic E-state index is 12.2. The fourth-order valence-electron chi connectivity index (χ4n) is 5.72. The molecule has 3 heterocycles. The monoisotopic (exact) mass is 548 g/mol. The molecule has 8 aromatic rings. The van der Waals surface area contributed by atoms with Gasteiger partial charge in [0.05, 0.1) is 32.6 Å². The maximum Gasteiger partial charge on any atom is 0.295 e. The summed E-state index contributed by atoms with van der Waals surface area (Å²) in [6, 6.07) is 39.9. The van der Waals surface area contributed by atoms with Crippen LogP contribution in [-0.2, 0) is 0 Å². The molecule has 194 valence electrons. The largest absolute Gasteiger partial charge is 0.295 e. The minimum atomic E-state index is -0.268. The van der Waals surface area contributed by atoms with Gasteiger partial charge in [0, 0.05) is 26.4 Å². The molecule has 0 radical (unpaired) electrons. The first kappa shape index (κ1) is 23.5. The van der Waals surface area contributed by atoms with Crippen LogP contribution in [0.1, 0.15) is 0 Å². The van der Waals surface area contributed by atoms with Gasteiger partial charge in [0.25, 0.3) is 5.69 Å². The first-order valence-electron chi connectivity index (χ1n) is 13.2. The Bertz CT molecular complexity index is 2300. The molecule has 5 aromatic carbocycles. The lowest BCUT2D eigenvalue weighted by molar-refractivity contribution is -0.382. The molecular weight excluding hydrogens is 528 g/mol. The van der Waals surface area contributed by atoms with Gasteiger partial charge in [-0.15, -0.1) is 11.3 Å². The predicted octanol–water partition coefficient (Wildman–Crippen LogP) is 9.18. The van der Waals surface area contributed by atoms with Gasteiger partial charge in [-0.3, -0.25) is 14.7 Å². The van der Waals surface area contributed by atoms with Crippen molar-refractivity contribution in [2.24, 2.45) is 0 Å². The summed E-state index contributed by atoms with van der Waals surface area (Å²) in [7, 11) is 0. The quantitative estimate of drug-likeness (QED) is 0.162. The zero-order valence-corrected chi connectivity index (χ0v) is 22.4. The van der Waals surface area contributed by atoms with Gasteiger partial charge in [0.2, 0.25) is 5.95 Å². The van der Waals surface area contributed by atoms with Crippen molar-refractivity contribution in [1.82, 2.24) is 14.5 Å². The van der Waals surface area contributed by atoms with E-state index in [1.807, 2.05) is 84.9 Å². The van der Waals surface area contributed by atoms with Gasteiger partial charge in [0.1, 0.15) is 4.88 Å². The zero-order chi connectivity index (χ0) is 27.5. The van der Waals surface area contributed by atoms with Crippen molar-refractivity contribution in [1.29, 1.82) is 0 Å². The fraction of sp³-hybridized carbons (Fsp3) is 0. The van der Waals surface area contributed by atoms with Crippen LogP contribution in [0.4, 0.5) is 5.69 Å². The molecule has 0 saturated heterocycles. The van der Waals surface area contributed by atoms with Gasteiger partial charge >= 0.3 is 0 Å². The summed E-state index contributed by atoms with van der Waals surface area (Å²) in [6.45, 7) is 0. The number of rotatable bonds is 4. The fourth-order valence-corrected chi connectivity index (χ4v) is 6.89. The molecule has 0 unspecified atom stereocenters. The van der Waals surface area contributed by atoms with Crippen molar-refractivity contribution < 1.29 is 4.92 Å². The van der Waals surface area contributed by atoms with Crippen molar-refractivity contribution in [3.63, 3.8) is 0 Å². The van der Waals surface area contributed by atoms with E-state index in [0.29, 0.717) is 16.2 Å².